The highest BCUT2D eigenvalue weighted by molar-refractivity contribution is 9.10. The maximum absolute atomic E-state index is 9.38. The molecule has 0 aromatic heterocycles. The molecule has 0 aliphatic heterocycles. The van der Waals surface area contributed by atoms with Gasteiger partial charge in [-0.15, -0.1) is 0 Å². The molecule has 0 heterocycles. The Labute approximate surface area is 134 Å². The Morgan fingerprint density at radius 2 is 1.90 bits per heavy atom. The van der Waals surface area contributed by atoms with E-state index >= 15 is 0 Å². The number of anilines is 1. The SMILES string of the molecule is CNCc1cc(Br)ccc1N(CCO)Cc1ccccc1. The number of benzene rings is 2. The number of hydrogen-bond donors (Lipinski definition) is 2. The van der Waals surface area contributed by atoms with Crippen molar-refractivity contribution in [2.75, 3.05) is 25.1 Å². The van der Waals surface area contributed by atoms with Crippen molar-refractivity contribution in [1.29, 1.82) is 0 Å². The van der Waals surface area contributed by atoms with Gasteiger partial charge in [0.2, 0.25) is 0 Å². The van der Waals surface area contributed by atoms with E-state index in [2.05, 4.69) is 50.4 Å². The van der Waals surface area contributed by atoms with Gasteiger partial charge in [-0.3, -0.25) is 0 Å². The molecule has 0 saturated heterocycles. The van der Waals surface area contributed by atoms with Gasteiger partial charge in [0, 0.05) is 29.8 Å². The van der Waals surface area contributed by atoms with Crippen molar-refractivity contribution in [3.63, 3.8) is 0 Å². The van der Waals surface area contributed by atoms with Gasteiger partial charge >= 0.3 is 0 Å². The molecule has 2 N–H and O–H groups in total. The molecule has 0 aliphatic rings. The Kier molecular flexibility index (Phi) is 6.23. The van der Waals surface area contributed by atoms with Gasteiger partial charge < -0.3 is 15.3 Å². The standard InChI is InChI=1S/C17H21BrN2O/c1-19-12-15-11-16(18)7-8-17(15)20(9-10-21)13-14-5-3-2-4-6-14/h2-8,11,19,21H,9-10,12-13H2,1H3. The Hall–Kier alpha value is -1.36. The summed E-state index contributed by atoms with van der Waals surface area (Å²) >= 11 is 3.53. The molecular formula is C17H21BrN2O. The van der Waals surface area contributed by atoms with Crippen molar-refractivity contribution in [1.82, 2.24) is 5.32 Å². The maximum Gasteiger partial charge on any atom is 0.0606 e. The highest BCUT2D eigenvalue weighted by Crippen LogP contribution is 2.26. The van der Waals surface area contributed by atoms with Crippen LogP contribution in [0.25, 0.3) is 0 Å². The average molecular weight is 349 g/mol. The number of rotatable bonds is 7. The normalized spacial score (nSPS) is 10.6. The van der Waals surface area contributed by atoms with Gasteiger partial charge in [-0.1, -0.05) is 46.3 Å². The quantitative estimate of drug-likeness (QED) is 0.806. The lowest BCUT2D eigenvalue weighted by Crippen LogP contribution is -2.27. The van der Waals surface area contributed by atoms with Crippen LogP contribution < -0.4 is 10.2 Å². The highest BCUT2D eigenvalue weighted by Gasteiger charge is 2.11. The average Bonchev–Trinajstić information content (AvgIpc) is 2.49. The predicted octanol–water partition coefficient (Wildman–Crippen LogP) is 3.17. The first-order valence-electron chi connectivity index (χ1n) is 7.07. The molecule has 3 nitrogen and oxygen atoms in total. The van der Waals surface area contributed by atoms with Crippen LogP contribution in [0.2, 0.25) is 0 Å². The fraction of sp³-hybridized carbons (Fsp3) is 0.294. The Balaban J connectivity index is 2.29. The van der Waals surface area contributed by atoms with Crippen LogP contribution in [0.1, 0.15) is 11.1 Å². The summed E-state index contributed by atoms with van der Waals surface area (Å²) in [5.74, 6) is 0. The molecule has 21 heavy (non-hydrogen) atoms. The summed E-state index contributed by atoms with van der Waals surface area (Å²) in [4.78, 5) is 2.22. The number of nitrogens with one attached hydrogen (secondary N) is 1. The molecule has 0 aliphatic carbocycles. The number of nitrogens with zero attached hydrogens (tertiary/aromatic N) is 1. The summed E-state index contributed by atoms with van der Waals surface area (Å²) in [6.45, 7) is 2.35. The second kappa shape index (κ2) is 8.17. The minimum atomic E-state index is 0.141. The first kappa shape index (κ1) is 16.0. The second-order valence-electron chi connectivity index (χ2n) is 4.93. The van der Waals surface area contributed by atoms with Crippen LogP contribution in [-0.2, 0) is 13.1 Å². The molecule has 0 bridgehead atoms. The summed E-state index contributed by atoms with van der Waals surface area (Å²) < 4.78 is 1.07. The Morgan fingerprint density at radius 3 is 2.57 bits per heavy atom. The number of halogens is 1. The first-order chi connectivity index (χ1) is 10.2. The van der Waals surface area contributed by atoms with Gasteiger partial charge in [-0.05, 0) is 36.4 Å². The third kappa shape index (κ3) is 4.56. The van der Waals surface area contributed by atoms with Crippen molar-refractivity contribution >= 4 is 21.6 Å². The fourth-order valence-corrected chi connectivity index (χ4v) is 2.81. The molecule has 0 spiro atoms. The van der Waals surface area contributed by atoms with Crippen LogP contribution in [0.3, 0.4) is 0 Å². The van der Waals surface area contributed by atoms with E-state index in [0.29, 0.717) is 6.54 Å². The van der Waals surface area contributed by atoms with Crippen LogP contribution in [-0.4, -0.2) is 25.3 Å². The summed E-state index contributed by atoms with van der Waals surface area (Å²) in [6, 6.07) is 16.6. The van der Waals surface area contributed by atoms with E-state index < -0.39 is 0 Å². The zero-order valence-electron chi connectivity index (χ0n) is 12.2. The lowest BCUT2D eigenvalue weighted by Gasteiger charge is -2.27. The third-order valence-corrected chi connectivity index (χ3v) is 3.83. The van der Waals surface area contributed by atoms with Gasteiger partial charge in [-0.2, -0.15) is 0 Å². The van der Waals surface area contributed by atoms with E-state index in [0.717, 1.165) is 23.2 Å². The van der Waals surface area contributed by atoms with E-state index in [9.17, 15) is 5.11 Å². The van der Waals surface area contributed by atoms with E-state index in [4.69, 9.17) is 0 Å². The molecule has 2 aromatic rings. The zero-order chi connectivity index (χ0) is 15.1. The van der Waals surface area contributed by atoms with Crippen LogP contribution in [0, 0.1) is 0 Å². The van der Waals surface area contributed by atoms with E-state index in [1.54, 1.807) is 0 Å². The molecule has 0 radical (unpaired) electrons. The smallest absolute Gasteiger partial charge is 0.0606 e. The summed E-state index contributed by atoms with van der Waals surface area (Å²) in [7, 11) is 1.94. The minimum Gasteiger partial charge on any atom is -0.395 e. The molecule has 4 heteroatoms. The van der Waals surface area contributed by atoms with E-state index in [1.807, 2.05) is 31.3 Å². The van der Waals surface area contributed by atoms with Crippen LogP contribution in [0.15, 0.2) is 53.0 Å². The molecular weight excluding hydrogens is 328 g/mol. The van der Waals surface area contributed by atoms with Crippen molar-refractivity contribution in [3.05, 3.63) is 64.1 Å². The molecule has 0 amide bonds. The number of aliphatic hydroxyl groups is 1. The lowest BCUT2D eigenvalue weighted by molar-refractivity contribution is 0.301. The Morgan fingerprint density at radius 1 is 1.14 bits per heavy atom. The van der Waals surface area contributed by atoms with Crippen molar-refractivity contribution < 1.29 is 5.11 Å². The number of aliphatic hydroxyl groups excluding tert-OH is 1. The molecule has 0 unspecified atom stereocenters. The predicted molar refractivity (Wildman–Crippen MR) is 91.5 cm³/mol. The van der Waals surface area contributed by atoms with Crippen molar-refractivity contribution in [2.24, 2.45) is 0 Å². The summed E-state index contributed by atoms with van der Waals surface area (Å²) in [5.41, 5.74) is 3.62. The number of hydrogen-bond acceptors (Lipinski definition) is 3. The van der Waals surface area contributed by atoms with Gasteiger partial charge in [0.1, 0.15) is 0 Å². The minimum absolute atomic E-state index is 0.141. The second-order valence-corrected chi connectivity index (χ2v) is 5.85. The molecule has 112 valence electrons. The monoisotopic (exact) mass is 348 g/mol. The first-order valence-corrected chi connectivity index (χ1v) is 7.86. The van der Waals surface area contributed by atoms with E-state index in [1.165, 1.54) is 11.1 Å². The van der Waals surface area contributed by atoms with Crippen LogP contribution in [0.4, 0.5) is 5.69 Å². The molecule has 0 saturated carbocycles. The molecule has 0 atom stereocenters. The van der Waals surface area contributed by atoms with Crippen LogP contribution in [0.5, 0.6) is 0 Å². The van der Waals surface area contributed by atoms with Gasteiger partial charge in [0.15, 0.2) is 0 Å². The van der Waals surface area contributed by atoms with Gasteiger partial charge in [-0.25, -0.2) is 0 Å². The maximum atomic E-state index is 9.38. The Bertz CT molecular complexity index is 560. The molecule has 2 rings (SSSR count). The topological polar surface area (TPSA) is 35.5 Å². The van der Waals surface area contributed by atoms with Crippen molar-refractivity contribution in [3.8, 4) is 0 Å². The van der Waals surface area contributed by atoms with E-state index in [-0.39, 0.29) is 6.61 Å². The van der Waals surface area contributed by atoms with Crippen LogP contribution >= 0.6 is 15.9 Å². The summed E-state index contributed by atoms with van der Waals surface area (Å²) in [5, 5.41) is 12.6. The zero-order valence-corrected chi connectivity index (χ0v) is 13.8. The fourth-order valence-electron chi connectivity index (χ4n) is 2.40. The third-order valence-electron chi connectivity index (χ3n) is 3.34. The lowest BCUT2D eigenvalue weighted by atomic mass is 10.1. The van der Waals surface area contributed by atoms with Gasteiger partial charge in [0.05, 0.1) is 6.61 Å². The molecule has 0 fully saturated rings. The van der Waals surface area contributed by atoms with Crippen molar-refractivity contribution in [2.45, 2.75) is 13.1 Å². The van der Waals surface area contributed by atoms with Gasteiger partial charge in [0.25, 0.3) is 0 Å². The molecule has 2 aromatic carbocycles. The summed E-state index contributed by atoms with van der Waals surface area (Å²) in [6.07, 6.45) is 0. The highest BCUT2D eigenvalue weighted by atomic mass is 79.9. The largest absolute Gasteiger partial charge is 0.395 e.